The van der Waals surface area contributed by atoms with Gasteiger partial charge in [-0.2, -0.15) is 5.53 Å². The van der Waals surface area contributed by atoms with Crippen molar-refractivity contribution >= 4 is 35.3 Å². The van der Waals surface area contributed by atoms with Gasteiger partial charge in [-0.05, 0) is 61.9 Å². The van der Waals surface area contributed by atoms with Crippen molar-refractivity contribution in [2.24, 2.45) is 16.7 Å². The first-order valence-electron chi connectivity index (χ1n) is 11.6. The number of amides is 2. The van der Waals surface area contributed by atoms with Crippen molar-refractivity contribution in [3.05, 3.63) is 52.3 Å². The van der Waals surface area contributed by atoms with Crippen molar-refractivity contribution in [1.82, 2.24) is 31.7 Å². The molecular weight excluding hydrogens is 470 g/mol. The summed E-state index contributed by atoms with van der Waals surface area (Å²) in [7, 11) is 0. The van der Waals surface area contributed by atoms with E-state index in [1.165, 1.54) is 5.12 Å². The standard InChI is InChI=1S/C23H34ClN9O2/c1-16(25)30-33(26)15-18-13-19(24)7-5-17(18)6-8-23(35)32-11-9-20(10-12-32)28-22(34)4-2-3-21-14-27-31-29-21/h5-8,13-14,20,27,29,31H,2-4,9-12,15,26H2,1H3,(H2,25,30)(H,28,34)/b8-6+. The number of nitrogens with zero attached hydrogens (tertiary/aromatic N) is 3. The van der Waals surface area contributed by atoms with Crippen LogP contribution >= 0.6 is 11.6 Å². The van der Waals surface area contributed by atoms with Crippen LogP contribution in [0, 0.1) is 0 Å². The number of benzene rings is 1. The number of hydrazine groups is 3. The lowest BCUT2D eigenvalue weighted by molar-refractivity contribution is -0.127. The molecule has 1 aromatic carbocycles. The van der Waals surface area contributed by atoms with Crippen LogP contribution in [0.3, 0.4) is 0 Å². The Labute approximate surface area is 210 Å². The molecule has 0 unspecified atom stereocenters. The molecular formula is C23H34ClN9O2. The molecule has 1 saturated heterocycles. The van der Waals surface area contributed by atoms with Gasteiger partial charge >= 0.3 is 0 Å². The summed E-state index contributed by atoms with van der Waals surface area (Å²) in [4.78, 5) is 26.8. The number of carbonyl (C=O) groups excluding carboxylic acids is 2. The van der Waals surface area contributed by atoms with Crippen LogP contribution in [0.25, 0.3) is 6.08 Å². The van der Waals surface area contributed by atoms with Crippen molar-refractivity contribution < 1.29 is 9.59 Å². The molecule has 11 nitrogen and oxygen atoms in total. The Hall–Kier alpha value is -3.28. The Kier molecular flexibility index (Phi) is 9.76. The molecule has 2 aliphatic rings. The lowest BCUT2D eigenvalue weighted by atomic mass is 10.0. The number of piperidine rings is 1. The summed E-state index contributed by atoms with van der Waals surface area (Å²) >= 11 is 6.14. The summed E-state index contributed by atoms with van der Waals surface area (Å²) in [6.07, 6.45) is 8.66. The third kappa shape index (κ3) is 8.78. The minimum Gasteiger partial charge on any atom is -0.386 e. The van der Waals surface area contributed by atoms with Gasteiger partial charge in [-0.3, -0.25) is 9.59 Å². The molecule has 2 aliphatic heterocycles. The molecule has 190 valence electrons. The molecule has 0 aliphatic carbocycles. The zero-order valence-corrected chi connectivity index (χ0v) is 20.6. The van der Waals surface area contributed by atoms with Crippen LogP contribution in [0.5, 0.6) is 0 Å². The fraction of sp³-hybridized carbons (Fsp3) is 0.435. The number of nitrogens with two attached hydrogens (primary N) is 2. The van der Waals surface area contributed by atoms with Crippen LogP contribution < -0.4 is 33.3 Å². The van der Waals surface area contributed by atoms with Gasteiger partial charge in [-0.1, -0.05) is 17.7 Å². The first-order valence-corrected chi connectivity index (χ1v) is 12.0. The van der Waals surface area contributed by atoms with Gasteiger partial charge in [0, 0.05) is 48.5 Å². The van der Waals surface area contributed by atoms with Gasteiger partial charge in [0.05, 0.1) is 6.54 Å². The number of nitrogens with one attached hydrogen (secondary N) is 4. The van der Waals surface area contributed by atoms with Crippen LogP contribution in [-0.2, 0) is 16.1 Å². The molecule has 35 heavy (non-hydrogen) atoms. The SMILES string of the molecule is C/C(N)=N/N(N)Cc1cc(Cl)ccc1/C=C/C(=O)N1CCC(NC(=O)CCCC2=CNNN2)CC1. The van der Waals surface area contributed by atoms with Gasteiger partial charge in [-0.15, -0.1) is 5.10 Å². The Morgan fingerprint density at radius 2 is 2.11 bits per heavy atom. The van der Waals surface area contributed by atoms with Gasteiger partial charge in [0.25, 0.3) is 0 Å². The number of likely N-dealkylation sites (tertiary alicyclic amines) is 1. The molecule has 1 fully saturated rings. The quantitative estimate of drug-likeness (QED) is 0.0910. The van der Waals surface area contributed by atoms with E-state index in [-0.39, 0.29) is 24.4 Å². The molecule has 0 aromatic heterocycles. The Morgan fingerprint density at radius 1 is 1.34 bits per heavy atom. The smallest absolute Gasteiger partial charge is 0.246 e. The molecule has 0 atom stereocenters. The van der Waals surface area contributed by atoms with Gasteiger partial charge < -0.3 is 26.8 Å². The summed E-state index contributed by atoms with van der Waals surface area (Å²) in [5, 5.41) is 8.89. The normalized spacial score (nSPS) is 16.6. The van der Waals surface area contributed by atoms with Crippen LogP contribution in [0.2, 0.25) is 5.02 Å². The van der Waals surface area contributed by atoms with Gasteiger partial charge in [-0.25, -0.2) is 11.0 Å². The Bertz CT molecular complexity index is 983. The number of allylic oxidation sites excluding steroid dienone is 1. The van der Waals surface area contributed by atoms with Crippen LogP contribution in [-0.4, -0.2) is 46.8 Å². The average molecular weight is 504 g/mol. The predicted octanol–water partition coefficient (Wildman–Crippen LogP) is 1.05. The highest BCUT2D eigenvalue weighted by Gasteiger charge is 2.22. The molecule has 0 bridgehead atoms. The lowest BCUT2D eigenvalue weighted by Gasteiger charge is -2.31. The minimum atomic E-state index is -0.0735. The molecule has 0 radical (unpaired) electrons. The van der Waals surface area contributed by atoms with E-state index in [4.69, 9.17) is 23.2 Å². The van der Waals surface area contributed by atoms with E-state index in [1.54, 1.807) is 36.1 Å². The largest absolute Gasteiger partial charge is 0.386 e. The summed E-state index contributed by atoms with van der Waals surface area (Å²) in [6.45, 7) is 3.12. The van der Waals surface area contributed by atoms with Gasteiger partial charge in [0.15, 0.2) is 0 Å². The molecule has 0 spiro atoms. The number of hydrogen-bond donors (Lipinski definition) is 6. The van der Waals surface area contributed by atoms with E-state index in [9.17, 15) is 9.59 Å². The second kappa shape index (κ2) is 13.0. The van der Waals surface area contributed by atoms with Gasteiger partial charge in [0.2, 0.25) is 11.8 Å². The zero-order chi connectivity index (χ0) is 25.2. The number of halogens is 1. The predicted molar refractivity (Wildman–Crippen MR) is 137 cm³/mol. The van der Waals surface area contributed by atoms with E-state index in [0.717, 1.165) is 42.5 Å². The maximum absolute atomic E-state index is 12.7. The molecule has 1 aromatic rings. The maximum atomic E-state index is 12.7. The second-order valence-electron chi connectivity index (χ2n) is 8.60. The number of rotatable bonds is 10. The minimum absolute atomic E-state index is 0.0487. The topological polar surface area (TPSA) is 153 Å². The molecule has 0 saturated carbocycles. The third-order valence-electron chi connectivity index (χ3n) is 5.69. The van der Waals surface area contributed by atoms with Crippen molar-refractivity contribution in [1.29, 1.82) is 0 Å². The molecule has 2 amide bonds. The second-order valence-corrected chi connectivity index (χ2v) is 9.04. The lowest BCUT2D eigenvalue weighted by Crippen LogP contribution is -2.46. The van der Waals surface area contributed by atoms with E-state index in [2.05, 4.69) is 26.8 Å². The molecule has 3 rings (SSSR count). The first kappa shape index (κ1) is 26.3. The highest BCUT2D eigenvalue weighted by molar-refractivity contribution is 6.30. The van der Waals surface area contributed by atoms with Gasteiger partial charge in [0.1, 0.15) is 5.84 Å². The maximum Gasteiger partial charge on any atom is 0.246 e. The summed E-state index contributed by atoms with van der Waals surface area (Å²) in [5.74, 6) is 6.20. The molecule has 12 heteroatoms. The summed E-state index contributed by atoms with van der Waals surface area (Å²) < 4.78 is 0. The highest BCUT2D eigenvalue weighted by atomic mass is 35.5. The van der Waals surface area contributed by atoms with E-state index >= 15 is 0 Å². The van der Waals surface area contributed by atoms with Crippen LogP contribution in [0.1, 0.15) is 50.2 Å². The van der Waals surface area contributed by atoms with Crippen LogP contribution in [0.15, 0.2) is 41.3 Å². The number of hydrazone groups is 1. The fourth-order valence-electron chi connectivity index (χ4n) is 3.95. The zero-order valence-electron chi connectivity index (χ0n) is 19.9. The average Bonchev–Trinajstić information content (AvgIpc) is 3.32. The van der Waals surface area contributed by atoms with E-state index in [0.29, 0.717) is 30.4 Å². The highest BCUT2D eigenvalue weighted by Crippen LogP contribution is 2.19. The monoisotopic (exact) mass is 503 g/mol. The number of amidine groups is 1. The van der Waals surface area contributed by atoms with Crippen LogP contribution in [0.4, 0.5) is 0 Å². The fourth-order valence-corrected chi connectivity index (χ4v) is 4.14. The van der Waals surface area contributed by atoms with Crippen molar-refractivity contribution in [2.45, 2.75) is 51.6 Å². The third-order valence-corrected chi connectivity index (χ3v) is 5.93. The summed E-state index contributed by atoms with van der Waals surface area (Å²) in [5.41, 5.74) is 16.8. The molecule has 2 heterocycles. The molecule has 8 N–H and O–H groups in total. The number of carbonyl (C=O) groups is 2. The van der Waals surface area contributed by atoms with Crippen molar-refractivity contribution in [3.63, 3.8) is 0 Å². The van der Waals surface area contributed by atoms with Crippen molar-refractivity contribution in [3.8, 4) is 0 Å². The van der Waals surface area contributed by atoms with E-state index in [1.807, 2.05) is 12.3 Å². The van der Waals surface area contributed by atoms with Crippen molar-refractivity contribution in [2.75, 3.05) is 13.1 Å². The van der Waals surface area contributed by atoms with E-state index < -0.39 is 0 Å². The Morgan fingerprint density at radius 3 is 2.80 bits per heavy atom. The summed E-state index contributed by atoms with van der Waals surface area (Å²) in [6, 6.07) is 5.47. The number of hydrogen-bond acceptors (Lipinski definition) is 8. The first-order chi connectivity index (χ1) is 16.8. The Balaban J connectivity index is 1.45.